The molecule has 0 amide bonds. The van der Waals surface area contributed by atoms with Crippen LogP contribution in [0.1, 0.15) is 30.2 Å². The van der Waals surface area contributed by atoms with Gasteiger partial charge in [0.15, 0.2) is 5.78 Å². The second-order valence-electron chi connectivity index (χ2n) is 4.97. The summed E-state index contributed by atoms with van der Waals surface area (Å²) in [7, 11) is 0. The molecule has 116 valence electrons. The van der Waals surface area contributed by atoms with Gasteiger partial charge in [0.1, 0.15) is 17.0 Å². The lowest BCUT2D eigenvalue weighted by molar-refractivity contribution is -0.142. The number of carbonyl (C=O) groups is 2. The fourth-order valence-corrected chi connectivity index (χ4v) is 2.12. The van der Waals surface area contributed by atoms with Crippen LogP contribution in [-0.2, 0) is 4.79 Å². The van der Waals surface area contributed by atoms with Gasteiger partial charge in [-0.25, -0.2) is 14.8 Å². The van der Waals surface area contributed by atoms with E-state index in [4.69, 9.17) is 4.84 Å². The molecule has 23 heavy (non-hydrogen) atoms. The molecule has 0 atom stereocenters. The van der Waals surface area contributed by atoms with Gasteiger partial charge in [0, 0.05) is 37.2 Å². The number of aryl methyl sites for hydroxylation is 1. The normalized spacial score (nSPS) is 10.7. The van der Waals surface area contributed by atoms with Crippen LogP contribution in [0.4, 0.5) is 0 Å². The molecule has 0 bridgehead atoms. The Hall–Kier alpha value is -3.16. The van der Waals surface area contributed by atoms with E-state index in [2.05, 4.69) is 20.1 Å². The number of ketones is 1. The van der Waals surface area contributed by atoms with Crippen molar-refractivity contribution in [1.82, 2.24) is 24.9 Å². The van der Waals surface area contributed by atoms with E-state index in [1.165, 1.54) is 20.0 Å². The van der Waals surface area contributed by atoms with Gasteiger partial charge in [-0.2, -0.15) is 0 Å². The van der Waals surface area contributed by atoms with E-state index in [0.29, 0.717) is 28.0 Å². The minimum atomic E-state index is -0.541. The Kier molecular flexibility index (Phi) is 3.57. The molecule has 3 rings (SSSR count). The van der Waals surface area contributed by atoms with Crippen molar-refractivity contribution in [2.45, 2.75) is 20.8 Å². The van der Waals surface area contributed by atoms with Gasteiger partial charge in [-0.05, 0) is 13.0 Å². The van der Waals surface area contributed by atoms with Crippen LogP contribution in [0.5, 0.6) is 0 Å². The number of fused-ring (bicyclic) bond motifs is 1. The zero-order valence-corrected chi connectivity index (χ0v) is 12.8. The molecule has 0 N–H and O–H groups in total. The summed E-state index contributed by atoms with van der Waals surface area (Å²) in [6, 6.07) is 1.70. The maximum atomic E-state index is 11.8. The summed E-state index contributed by atoms with van der Waals surface area (Å²) in [4.78, 5) is 41.5. The molecule has 0 unspecified atom stereocenters. The molecule has 0 fully saturated rings. The maximum absolute atomic E-state index is 11.8. The minimum Gasteiger partial charge on any atom is -0.319 e. The smallest absolute Gasteiger partial charge is 0.319 e. The van der Waals surface area contributed by atoms with Crippen LogP contribution >= 0.6 is 0 Å². The Labute approximate surface area is 131 Å². The predicted molar refractivity (Wildman–Crippen MR) is 80.6 cm³/mol. The molecule has 0 saturated heterocycles. The number of hydrogen-bond donors (Lipinski definition) is 0. The fourth-order valence-electron chi connectivity index (χ4n) is 2.12. The SMILES string of the molecule is CC(=O)On1nc(C(C)=O)c2cc(-c3cnc(C)nc3)ncc21. The van der Waals surface area contributed by atoms with Gasteiger partial charge in [-0.3, -0.25) is 9.78 Å². The largest absolute Gasteiger partial charge is 0.331 e. The molecule has 0 aliphatic heterocycles. The Morgan fingerprint density at radius 1 is 1.09 bits per heavy atom. The van der Waals surface area contributed by atoms with Gasteiger partial charge < -0.3 is 4.84 Å². The highest BCUT2D eigenvalue weighted by Gasteiger charge is 2.17. The molecule has 0 aliphatic carbocycles. The number of Topliss-reactive ketones (excluding diaryl/α,β-unsaturated/α-hetero) is 1. The van der Waals surface area contributed by atoms with E-state index in [0.717, 1.165) is 4.85 Å². The van der Waals surface area contributed by atoms with Crippen molar-refractivity contribution < 1.29 is 14.4 Å². The molecule has 0 aromatic carbocycles. The first-order valence-electron chi connectivity index (χ1n) is 6.83. The van der Waals surface area contributed by atoms with Gasteiger partial charge in [0.2, 0.25) is 0 Å². The van der Waals surface area contributed by atoms with E-state index >= 15 is 0 Å². The fraction of sp³-hybridized carbons (Fsp3) is 0.200. The Morgan fingerprint density at radius 2 is 1.78 bits per heavy atom. The number of rotatable bonds is 3. The highest BCUT2D eigenvalue weighted by Crippen LogP contribution is 2.23. The van der Waals surface area contributed by atoms with Crippen LogP contribution in [0.3, 0.4) is 0 Å². The Bertz CT molecular complexity index is 915. The summed E-state index contributed by atoms with van der Waals surface area (Å²) in [6.45, 7) is 4.44. The second kappa shape index (κ2) is 5.56. The van der Waals surface area contributed by atoms with Gasteiger partial charge in [0.05, 0.1) is 11.9 Å². The predicted octanol–water partition coefficient (Wildman–Crippen LogP) is 1.37. The third kappa shape index (κ3) is 2.78. The molecule has 0 radical (unpaired) electrons. The lowest BCUT2D eigenvalue weighted by Crippen LogP contribution is -2.18. The number of nitrogens with zero attached hydrogens (tertiary/aromatic N) is 5. The highest BCUT2D eigenvalue weighted by atomic mass is 16.7. The third-order valence-electron chi connectivity index (χ3n) is 3.16. The van der Waals surface area contributed by atoms with Crippen molar-refractivity contribution in [1.29, 1.82) is 0 Å². The van der Waals surface area contributed by atoms with Crippen LogP contribution < -0.4 is 4.84 Å². The summed E-state index contributed by atoms with van der Waals surface area (Å²) in [5.41, 5.74) is 1.95. The monoisotopic (exact) mass is 311 g/mol. The van der Waals surface area contributed by atoms with Crippen LogP contribution in [0.2, 0.25) is 0 Å². The van der Waals surface area contributed by atoms with Crippen molar-refractivity contribution in [3.05, 3.63) is 36.2 Å². The van der Waals surface area contributed by atoms with Gasteiger partial charge in [0.25, 0.3) is 0 Å². The maximum Gasteiger partial charge on any atom is 0.331 e. The lowest BCUT2D eigenvalue weighted by Gasteiger charge is -2.02. The summed E-state index contributed by atoms with van der Waals surface area (Å²) in [6.07, 6.45) is 4.80. The second-order valence-corrected chi connectivity index (χ2v) is 4.97. The molecule has 3 heterocycles. The van der Waals surface area contributed by atoms with Crippen LogP contribution in [0.15, 0.2) is 24.7 Å². The van der Waals surface area contributed by atoms with Crippen LogP contribution in [0, 0.1) is 6.92 Å². The molecule has 8 nitrogen and oxygen atoms in total. The molecular weight excluding hydrogens is 298 g/mol. The van der Waals surface area contributed by atoms with E-state index in [9.17, 15) is 9.59 Å². The third-order valence-corrected chi connectivity index (χ3v) is 3.16. The first kappa shape index (κ1) is 14.8. The summed E-state index contributed by atoms with van der Waals surface area (Å²) in [5, 5.41) is 4.58. The average molecular weight is 311 g/mol. The quantitative estimate of drug-likeness (QED) is 0.673. The van der Waals surface area contributed by atoms with Crippen molar-refractivity contribution in [3.8, 4) is 11.3 Å². The minimum absolute atomic E-state index is 0.206. The number of hydrogen-bond acceptors (Lipinski definition) is 7. The average Bonchev–Trinajstić information content (AvgIpc) is 2.85. The lowest BCUT2D eigenvalue weighted by atomic mass is 10.1. The van der Waals surface area contributed by atoms with E-state index in [-0.39, 0.29) is 11.5 Å². The molecule has 0 spiro atoms. The van der Waals surface area contributed by atoms with E-state index in [1.54, 1.807) is 25.4 Å². The molecular formula is C15H13N5O3. The van der Waals surface area contributed by atoms with Crippen LogP contribution in [0.25, 0.3) is 22.2 Å². The molecule has 0 saturated carbocycles. The van der Waals surface area contributed by atoms with Crippen molar-refractivity contribution in [3.63, 3.8) is 0 Å². The van der Waals surface area contributed by atoms with Crippen LogP contribution in [-0.4, -0.2) is 36.6 Å². The molecule has 3 aromatic heterocycles. The molecule has 3 aromatic rings. The van der Waals surface area contributed by atoms with Gasteiger partial charge in [-0.15, -0.1) is 5.10 Å². The number of aromatic nitrogens is 5. The number of pyridine rings is 1. The van der Waals surface area contributed by atoms with E-state index in [1.807, 2.05) is 0 Å². The highest BCUT2D eigenvalue weighted by molar-refractivity contribution is 6.05. The first-order valence-corrected chi connectivity index (χ1v) is 6.83. The summed E-state index contributed by atoms with van der Waals surface area (Å²) >= 11 is 0. The van der Waals surface area contributed by atoms with Crippen molar-refractivity contribution in [2.75, 3.05) is 0 Å². The van der Waals surface area contributed by atoms with Crippen molar-refractivity contribution in [2.24, 2.45) is 0 Å². The van der Waals surface area contributed by atoms with Crippen molar-refractivity contribution >= 4 is 22.7 Å². The Morgan fingerprint density at radius 3 is 2.39 bits per heavy atom. The topological polar surface area (TPSA) is 99.9 Å². The summed E-state index contributed by atoms with van der Waals surface area (Å²) < 4.78 is 0. The number of carbonyl (C=O) groups excluding carboxylic acids is 2. The standard InChI is InChI=1S/C15H13N5O3/c1-8(21)15-12-4-13(11-5-16-9(2)17-6-11)18-7-14(12)20(19-15)23-10(3)22/h4-7H,1-3H3. The van der Waals surface area contributed by atoms with E-state index < -0.39 is 5.97 Å². The molecule has 8 heteroatoms. The molecule has 0 aliphatic rings. The first-order chi connectivity index (χ1) is 11.0. The zero-order chi connectivity index (χ0) is 16.6. The van der Waals surface area contributed by atoms with Gasteiger partial charge in [-0.1, -0.05) is 4.85 Å². The summed E-state index contributed by atoms with van der Waals surface area (Å²) in [5.74, 6) is -0.124. The Balaban J connectivity index is 2.18. The van der Waals surface area contributed by atoms with Gasteiger partial charge >= 0.3 is 5.97 Å². The zero-order valence-electron chi connectivity index (χ0n) is 12.8.